The number of halogens is 1. The minimum Gasteiger partial charge on any atom is -0.317 e. The number of nitriles is 1. The van der Waals surface area contributed by atoms with Crippen molar-refractivity contribution in [2.45, 2.75) is 6.54 Å². The highest BCUT2D eigenvalue weighted by atomic mass is 79.9. The minimum atomic E-state index is 0.316. The Bertz CT molecular complexity index is 511. The fraction of sp³-hybridized carbons (Fsp3) is 0.0909. The van der Waals surface area contributed by atoms with Crippen LogP contribution in [0.5, 0.6) is 0 Å². The third kappa shape index (κ3) is 1.92. The lowest BCUT2D eigenvalue weighted by Gasteiger charge is -2.05. The van der Waals surface area contributed by atoms with Crippen LogP contribution in [0.4, 0.5) is 0 Å². The number of nitrogens with zero attached hydrogens (tertiary/aromatic N) is 3. The van der Waals surface area contributed by atoms with E-state index >= 15 is 0 Å². The molecule has 0 N–H and O–H groups in total. The van der Waals surface area contributed by atoms with Gasteiger partial charge in [0.2, 0.25) is 0 Å². The van der Waals surface area contributed by atoms with Crippen LogP contribution in [-0.4, -0.2) is 9.55 Å². The maximum atomic E-state index is 8.67. The summed E-state index contributed by atoms with van der Waals surface area (Å²) in [5, 5.41) is 8.67. The summed E-state index contributed by atoms with van der Waals surface area (Å²) in [6.07, 6.45) is 3.50. The summed E-state index contributed by atoms with van der Waals surface area (Å²) in [6.45, 7) is 0.316. The van der Waals surface area contributed by atoms with Crippen molar-refractivity contribution in [3.63, 3.8) is 0 Å². The van der Waals surface area contributed by atoms with E-state index in [0.29, 0.717) is 6.54 Å². The SMILES string of the molecule is N#CCn1ccnc1-c1ccccc1Br. The monoisotopic (exact) mass is 261 g/mol. The van der Waals surface area contributed by atoms with Gasteiger partial charge < -0.3 is 4.57 Å². The van der Waals surface area contributed by atoms with E-state index in [0.717, 1.165) is 15.9 Å². The Hall–Kier alpha value is -1.60. The van der Waals surface area contributed by atoms with Gasteiger partial charge in [0.05, 0.1) is 6.07 Å². The quantitative estimate of drug-likeness (QED) is 0.835. The van der Waals surface area contributed by atoms with Crippen LogP contribution in [0.1, 0.15) is 0 Å². The predicted octanol–water partition coefficient (Wildman–Crippen LogP) is 2.84. The zero-order valence-corrected chi connectivity index (χ0v) is 9.48. The third-order valence-electron chi connectivity index (χ3n) is 2.07. The van der Waals surface area contributed by atoms with E-state index in [1.165, 1.54) is 0 Å². The minimum absolute atomic E-state index is 0.316. The molecular formula is C11H8BrN3. The van der Waals surface area contributed by atoms with Crippen LogP contribution >= 0.6 is 15.9 Å². The van der Waals surface area contributed by atoms with Crippen LogP contribution in [0.15, 0.2) is 41.1 Å². The summed E-state index contributed by atoms with van der Waals surface area (Å²) in [5.41, 5.74) is 0.998. The molecule has 0 spiro atoms. The zero-order chi connectivity index (χ0) is 10.7. The first-order valence-electron chi connectivity index (χ1n) is 4.46. The van der Waals surface area contributed by atoms with Gasteiger partial charge in [-0.2, -0.15) is 5.26 Å². The number of hydrogen-bond acceptors (Lipinski definition) is 2. The highest BCUT2D eigenvalue weighted by Gasteiger charge is 2.07. The van der Waals surface area contributed by atoms with E-state index in [1.807, 2.05) is 28.8 Å². The van der Waals surface area contributed by atoms with Crippen LogP contribution in [-0.2, 0) is 6.54 Å². The Morgan fingerprint density at radius 1 is 1.40 bits per heavy atom. The van der Waals surface area contributed by atoms with Gasteiger partial charge in [-0.15, -0.1) is 0 Å². The van der Waals surface area contributed by atoms with Crippen LogP contribution < -0.4 is 0 Å². The van der Waals surface area contributed by atoms with Gasteiger partial charge in [0.15, 0.2) is 0 Å². The molecule has 74 valence electrons. The molecule has 0 saturated carbocycles. The molecule has 0 fully saturated rings. The van der Waals surface area contributed by atoms with Crippen LogP contribution in [0, 0.1) is 11.3 Å². The first-order valence-corrected chi connectivity index (χ1v) is 5.25. The molecule has 0 amide bonds. The molecule has 0 aliphatic rings. The van der Waals surface area contributed by atoms with Gasteiger partial charge in [-0.25, -0.2) is 4.98 Å². The van der Waals surface area contributed by atoms with E-state index in [1.54, 1.807) is 12.4 Å². The molecule has 15 heavy (non-hydrogen) atoms. The van der Waals surface area contributed by atoms with E-state index in [9.17, 15) is 0 Å². The summed E-state index contributed by atoms with van der Waals surface area (Å²) >= 11 is 3.47. The van der Waals surface area contributed by atoms with Gasteiger partial charge in [-0.3, -0.25) is 0 Å². The molecule has 0 unspecified atom stereocenters. The van der Waals surface area contributed by atoms with Crippen LogP contribution in [0.2, 0.25) is 0 Å². The third-order valence-corrected chi connectivity index (χ3v) is 2.76. The van der Waals surface area contributed by atoms with Gasteiger partial charge in [-0.1, -0.05) is 34.1 Å². The van der Waals surface area contributed by atoms with E-state index in [2.05, 4.69) is 27.0 Å². The number of rotatable bonds is 2. The Morgan fingerprint density at radius 3 is 2.93 bits per heavy atom. The van der Waals surface area contributed by atoms with Gasteiger partial charge in [0, 0.05) is 22.4 Å². The summed E-state index contributed by atoms with van der Waals surface area (Å²) in [4.78, 5) is 4.25. The van der Waals surface area contributed by atoms with Crippen LogP contribution in [0.25, 0.3) is 11.4 Å². The molecule has 0 radical (unpaired) electrons. The molecule has 1 aromatic heterocycles. The van der Waals surface area contributed by atoms with Crippen molar-refractivity contribution in [1.82, 2.24) is 9.55 Å². The van der Waals surface area contributed by atoms with Crippen molar-refractivity contribution in [3.8, 4) is 17.5 Å². The molecule has 4 heteroatoms. The fourth-order valence-corrected chi connectivity index (χ4v) is 1.86. The standard InChI is InChI=1S/C11H8BrN3/c12-10-4-2-1-3-9(10)11-14-6-8-15(11)7-5-13/h1-4,6,8H,7H2. The van der Waals surface area contributed by atoms with Crippen LogP contribution in [0.3, 0.4) is 0 Å². The smallest absolute Gasteiger partial charge is 0.141 e. The lowest BCUT2D eigenvalue weighted by Crippen LogP contribution is -1.97. The molecule has 0 saturated heterocycles. The Labute approximate surface area is 96.1 Å². The van der Waals surface area contributed by atoms with Gasteiger partial charge in [0.25, 0.3) is 0 Å². The lowest BCUT2D eigenvalue weighted by molar-refractivity contribution is 0.840. The second kappa shape index (κ2) is 4.28. The second-order valence-corrected chi connectivity index (χ2v) is 3.87. The lowest BCUT2D eigenvalue weighted by atomic mass is 10.2. The highest BCUT2D eigenvalue weighted by molar-refractivity contribution is 9.10. The van der Waals surface area contributed by atoms with E-state index in [-0.39, 0.29) is 0 Å². The van der Waals surface area contributed by atoms with Crippen molar-refractivity contribution in [3.05, 3.63) is 41.1 Å². The molecule has 2 aromatic rings. The molecule has 1 aromatic carbocycles. The Kier molecular flexibility index (Phi) is 2.84. The average molecular weight is 262 g/mol. The maximum absolute atomic E-state index is 8.67. The first kappa shape index (κ1) is 9.94. The molecule has 0 aliphatic heterocycles. The predicted molar refractivity (Wildman–Crippen MR) is 61.0 cm³/mol. The molecule has 0 atom stereocenters. The van der Waals surface area contributed by atoms with Crippen molar-refractivity contribution in [2.24, 2.45) is 0 Å². The molecule has 2 rings (SSSR count). The fourth-order valence-electron chi connectivity index (χ4n) is 1.40. The van der Waals surface area contributed by atoms with Crippen molar-refractivity contribution in [2.75, 3.05) is 0 Å². The summed E-state index contributed by atoms with van der Waals surface area (Å²) in [7, 11) is 0. The largest absolute Gasteiger partial charge is 0.317 e. The Morgan fingerprint density at radius 2 is 2.20 bits per heavy atom. The maximum Gasteiger partial charge on any atom is 0.141 e. The molecule has 3 nitrogen and oxygen atoms in total. The Balaban J connectivity index is 2.51. The van der Waals surface area contributed by atoms with Gasteiger partial charge >= 0.3 is 0 Å². The summed E-state index contributed by atoms with van der Waals surface area (Å²) < 4.78 is 2.80. The highest BCUT2D eigenvalue weighted by Crippen LogP contribution is 2.26. The van der Waals surface area contributed by atoms with Gasteiger partial charge in [0.1, 0.15) is 12.4 Å². The topological polar surface area (TPSA) is 41.6 Å². The van der Waals surface area contributed by atoms with Crippen molar-refractivity contribution < 1.29 is 0 Å². The van der Waals surface area contributed by atoms with Gasteiger partial charge in [-0.05, 0) is 6.07 Å². The molecule has 0 aliphatic carbocycles. The molecular weight excluding hydrogens is 254 g/mol. The summed E-state index contributed by atoms with van der Waals surface area (Å²) in [5.74, 6) is 0.809. The number of benzene rings is 1. The summed E-state index contributed by atoms with van der Waals surface area (Å²) in [6, 6.07) is 9.94. The number of imidazole rings is 1. The van der Waals surface area contributed by atoms with Crippen molar-refractivity contribution >= 4 is 15.9 Å². The normalized spacial score (nSPS) is 9.87. The second-order valence-electron chi connectivity index (χ2n) is 3.02. The first-order chi connectivity index (χ1) is 7.33. The number of hydrogen-bond donors (Lipinski definition) is 0. The van der Waals surface area contributed by atoms with E-state index < -0.39 is 0 Å². The molecule has 1 heterocycles. The zero-order valence-electron chi connectivity index (χ0n) is 7.89. The average Bonchev–Trinajstić information content (AvgIpc) is 2.67. The van der Waals surface area contributed by atoms with E-state index in [4.69, 9.17) is 5.26 Å². The number of aromatic nitrogens is 2. The van der Waals surface area contributed by atoms with Crippen molar-refractivity contribution in [1.29, 1.82) is 5.26 Å². The molecule has 0 bridgehead atoms.